The van der Waals surface area contributed by atoms with E-state index in [-0.39, 0.29) is 0 Å². The normalized spacial score (nSPS) is 17.2. The summed E-state index contributed by atoms with van der Waals surface area (Å²) < 4.78 is 0. The highest BCUT2D eigenvalue weighted by Crippen LogP contribution is 2.31. The van der Waals surface area contributed by atoms with Crippen LogP contribution in [-0.2, 0) is 0 Å². The van der Waals surface area contributed by atoms with Gasteiger partial charge in [-0.3, -0.25) is 0 Å². The maximum Gasteiger partial charge on any atom is 0.163 e. The van der Waals surface area contributed by atoms with Crippen LogP contribution in [0.15, 0.2) is 42.6 Å². The molecule has 0 bridgehead atoms. The van der Waals surface area contributed by atoms with E-state index in [1.165, 1.54) is 12.8 Å². The molecule has 4 rings (SSSR count). The first-order valence-electron chi connectivity index (χ1n) is 7.95. The summed E-state index contributed by atoms with van der Waals surface area (Å²) in [6.07, 6.45) is 4.41. The van der Waals surface area contributed by atoms with E-state index in [1.807, 2.05) is 24.4 Å². The van der Waals surface area contributed by atoms with Gasteiger partial charge in [0.2, 0.25) is 0 Å². The van der Waals surface area contributed by atoms with Gasteiger partial charge in [-0.05, 0) is 25.8 Å². The van der Waals surface area contributed by atoms with E-state index in [4.69, 9.17) is 10.1 Å². The number of rotatable bonds is 2. The van der Waals surface area contributed by atoms with Gasteiger partial charge < -0.3 is 15.0 Å². The molecule has 0 unspecified atom stereocenters. The van der Waals surface area contributed by atoms with Crippen LogP contribution in [0.2, 0.25) is 0 Å². The molecule has 0 amide bonds. The van der Waals surface area contributed by atoms with Crippen LogP contribution in [0.25, 0.3) is 22.4 Å². The summed E-state index contributed by atoms with van der Waals surface area (Å²) in [4.78, 5) is 15.2. The molecule has 1 saturated heterocycles. The van der Waals surface area contributed by atoms with Gasteiger partial charge in [-0.15, -0.1) is 0 Å². The second kappa shape index (κ2) is 6.79. The lowest BCUT2D eigenvalue weighted by Crippen LogP contribution is -2.27. The van der Waals surface area contributed by atoms with Crippen LogP contribution in [0.3, 0.4) is 0 Å². The van der Waals surface area contributed by atoms with Crippen molar-refractivity contribution in [2.75, 3.05) is 18.6 Å². The van der Waals surface area contributed by atoms with E-state index < -0.39 is 0 Å². The number of fused-ring (bicyclic) bond motifs is 1. The average molecular weight is 310 g/mol. The number of aliphatic hydroxyl groups excluding tert-OH is 1. The summed E-state index contributed by atoms with van der Waals surface area (Å²) in [5.41, 5.74) is 1.97. The Bertz CT molecular complexity index is 769. The van der Waals surface area contributed by atoms with E-state index in [1.54, 1.807) is 0 Å². The number of benzene rings is 1. The third-order valence-electron chi connectivity index (χ3n) is 4.25. The van der Waals surface area contributed by atoms with Gasteiger partial charge >= 0.3 is 0 Å². The number of hydrogen-bond acceptors (Lipinski definition) is 4. The average Bonchev–Trinajstić information content (AvgIpc) is 3.25. The van der Waals surface area contributed by atoms with Crippen molar-refractivity contribution in [3.63, 3.8) is 0 Å². The number of aliphatic hydroxyl groups is 1. The highest BCUT2D eigenvalue weighted by Gasteiger charge is 2.24. The van der Waals surface area contributed by atoms with Gasteiger partial charge in [0.1, 0.15) is 11.5 Å². The van der Waals surface area contributed by atoms with Crippen molar-refractivity contribution in [2.24, 2.45) is 0 Å². The number of aromatic nitrogens is 3. The first-order chi connectivity index (χ1) is 11.3. The minimum absolute atomic E-state index is 0.543. The third-order valence-corrected chi connectivity index (χ3v) is 4.25. The number of nitrogens with zero attached hydrogens (tertiary/aromatic N) is 3. The van der Waals surface area contributed by atoms with E-state index in [0.717, 1.165) is 41.9 Å². The lowest BCUT2D eigenvalue weighted by Gasteiger charge is -2.23. The quantitative estimate of drug-likeness (QED) is 0.763. The van der Waals surface area contributed by atoms with Crippen LogP contribution in [0.1, 0.15) is 19.8 Å². The van der Waals surface area contributed by atoms with Crippen molar-refractivity contribution < 1.29 is 5.11 Å². The summed E-state index contributed by atoms with van der Waals surface area (Å²) >= 11 is 0. The fourth-order valence-corrected chi connectivity index (χ4v) is 3.11. The van der Waals surface area contributed by atoms with Gasteiger partial charge in [-0.2, -0.15) is 0 Å². The van der Waals surface area contributed by atoms with Crippen molar-refractivity contribution in [1.29, 1.82) is 0 Å². The Balaban J connectivity index is 0.000000753. The summed E-state index contributed by atoms with van der Waals surface area (Å²) in [5.74, 6) is 1.85. The van der Waals surface area contributed by atoms with Crippen molar-refractivity contribution >= 4 is 16.9 Å². The maximum atomic E-state index is 7.00. The van der Waals surface area contributed by atoms with Gasteiger partial charge in [0, 0.05) is 31.5 Å². The second-order valence-corrected chi connectivity index (χ2v) is 5.66. The molecular weight excluding hydrogens is 288 g/mol. The first-order valence-corrected chi connectivity index (χ1v) is 7.95. The van der Waals surface area contributed by atoms with E-state index in [2.05, 4.69) is 40.0 Å². The van der Waals surface area contributed by atoms with Crippen molar-refractivity contribution in [2.45, 2.75) is 25.8 Å². The molecule has 2 N–H and O–H groups in total. The fourth-order valence-electron chi connectivity index (χ4n) is 3.11. The first kappa shape index (κ1) is 15.5. The van der Waals surface area contributed by atoms with Crippen LogP contribution >= 0.6 is 0 Å². The maximum absolute atomic E-state index is 7.00. The second-order valence-electron chi connectivity index (χ2n) is 5.66. The smallest absolute Gasteiger partial charge is 0.163 e. The number of anilines is 1. The molecule has 5 heteroatoms. The zero-order valence-corrected chi connectivity index (χ0v) is 13.5. The minimum atomic E-state index is 0.543. The predicted molar refractivity (Wildman–Crippen MR) is 93.5 cm³/mol. The number of nitrogens with one attached hydrogen (secondary N) is 1. The molecule has 5 nitrogen and oxygen atoms in total. The summed E-state index contributed by atoms with van der Waals surface area (Å²) in [6, 6.07) is 12.8. The summed E-state index contributed by atoms with van der Waals surface area (Å²) in [7, 11) is 1.00. The monoisotopic (exact) mass is 310 g/mol. The Kier molecular flexibility index (Phi) is 4.57. The zero-order chi connectivity index (χ0) is 16.2. The number of H-pyrrole nitrogens is 1. The van der Waals surface area contributed by atoms with Gasteiger partial charge in [0.15, 0.2) is 5.82 Å². The fraction of sp³-hybridized carbons (Fsp3) is 0.333. The van der Waals surface area contributed by atoms with Gasteiger partial charge in [0.05, 0.1) is 5.39 Å². The van der Waals surface area contributed by atoms with Crippen LogP contribution in [-0.4, -0.2) is 39.8 Å². The topological polar surface area (TPSA) is 65.0 Å². The standard InChI is InChI=1S/C17H18N4.CH4O/c1-12-6-5-11-21(12)17-14-9-10-18-16(14)19-15(20-17)13-7-3-2-4-8-13;1-2/h2-4,7-10,12H,5-6,11H2,1H3,(H,18,19,20);2H,1H3/t12-;/m0./s1. The van der Waals surface area contributed by atoms with Crippen molar-refractivity contribution in [3.8, 4) is 11.4 Å². The summed E-state index contributed by atoms with van der Waals surface area (Å²) in [6.45, 7) is 3.35. The number of hydrogen-bond donors (Lipinski definition) is 2. The van der Waals surface area contributed by atoms with E-state index in [9.17, 15) is 0 Å². The molecule has 120 valence electrons. The summed E-state index contributed by atoms with van der Waals surface area (Å²) in [5, 5.41) is 8.11. The third kappa shape index (κ3) is 2.92. The van der Waals surface area contributed by atoms with E-state index >= 15 is 0 Å². The molecule has 2 aromatic heterocycles. The Morgan fingerprint density at radius 3 is 2.61 bits per heavy atom. The molecule has 1 aliphatic rings. The molecular formula is C18H22N4O. The molecule has 0 aliphatic carbocycles. The molecule has 1 atom stereocenters. The van der Waals surface area contributed by atoms with Gasteiger partial charge in [-0.25, -0.2) is 9.97 Å². The van der Waals surface area contributed by atoms with Crippen molar-refractivity contribution in [3.05, 3.63) is 42.6 Å². The zero-order valence-electron chi connectivity index (χ0n) is 13.5. The predicted octanol–water partition coefficient (Wildman–Crippen LogP) is 3.22. The Morgan fingerprint density at radius 2 is 1.91 bits per heavy atom. The highest BCUT2D eigenvalue weighted by molar-refractivity contribution is 5.89. The van der Waals surface area contributed by atoms with Crippen molar-refractivity contribution in [1.82, 2.24) is 15.0 Å². The molecule has 3 heterocycles. The minimum Gasteiger partial charge on any atom is -0.400 e. The van der Waals surface area contributed by atoms with Crippen LogP contribution in [0, 0.1) is 0 Å². The SMILES string of the molecule is CO.C[C@H]1CCCN1c1nc(-c2ccccc2)nc2[nH]ccc12. The number of aromatic amines is 1. The van der Waals surface area contributed by atoms with E-state index in [0.29, 0.717) is 6.04 Å². The molecule has 1 fully saturated rings. The molecule has 0 saturated carbocycles. The van der Waals surface area contributed by atoms with Crippen LogP contribution in [0.5, 0.6) is 0 Å². The molecule has 0 radical (unpaired) electrons. The lowest BCUT2D eigenvalue weighted by molar-refractivity contribution is 0.399. The van der Waals surface area contributed by atoms with Crippen LogP contribution < -0.4 is 4.90 Å². The highest BCUT2D eigenvalue weighted by atomic mass is 16.2. The molecule has 1 aliphatic heterocycles. The Morgan fingerprint density at radius 1 is 1.13 bits per heavy atom. The Labute approximate surface area is 136 Å². The largest absolute Gasteiger partial charge is 0.400 e. The Hall–Kier alpha value is -2.40. The van der Waals surface area contributed by atoms with Gasteiger partial charge in [-0.1, -0.05) is 30.3 Å². The lowest BCUT2D eigenvalue weighted by atomic mass is 10.2. The molecule has 0 spiro atoms. The molecule has 3 aromatic rings. The molecule has 1 aromatic carbocycles. The van der Waals surface area contributed by atoms with Gasteiger partial charge in [0.25, 0.3) is 0 Å². The van der Waals surface area contributed by atoms with Crippen LogP contribution in [0.4, 0.5) is 5.82 Å². The molecule has 23 heavy (non-hydrogen) atoms.